The molecule has 1 saturated heterocycles. The van der Waals surface area contributed by atoms with Crippen LogP contribution in [-0.2, 0) is 27.2 Å². The number of esters is 1. The van der Waals surface area contributed by atoms with Crippen LogP contribution in [0.3, 0.4) is 0 Å². The number of aromatic nitrogens is 1. The van der Waals surface area contributed by atoms with Crippen molar-refractivity contribution in [1.82, 2.24) is 14.8 Å². The first-order chi connectivity index (χ1) is 14.7. The molecule has 0 spiro atoms. The quantitative estimate of drug-likeness (QED) is 0.671. The third-order valence-corrected chi connectivity index (χ3v) is 5.96. The Kier molecular flexibility index (Phi) is 7.92. The van der Waals surface area contributed by atoms with Gasteiger partial charge in [0.25, 0.3) is 0 Å². The summed E-state index contributed by atoms with van der Waals surface area (Å²) >= 11 is 0. The second kappa shape index (κ2) is 10.4. The Balaban J connectivity index is 1.37. The molecule has 0 unspecified atom stereocenters. The molecule has 0 bridgehead atoms. The number of hydrogen-bond acceptors (Lipinski definition) is 6. The molecule has 2 aliphatic rings. The van der Waals surface area contributed by atoms with E-state index < -0.39 is 5.60 Å². The van der Waals surface area contributed by atoms with E-state index in [4.69, 9.17) is 9.72 Å². The van der Waals surface area contributed by atoms with Crippen LogP contribution in [0.4, 0.5) is 5.82 Å². The molecule has 1 fully saturated rings. The van der Waals surface area contributed by atoms with Gasteiger partial charge >= 0.3 is 5.97 Å². The van der Waals surface area contributed by atoms with Gasteiger partial charge in [0.05, 0.1) is 6.54 Å². The van der Waals surface area contributed by atoms with Gasteiger partial charge in [0, 0.05) is 31.7 Å². The molecule has 3 rings (SSSR count). The molecule has 0 aliphatic carbocycles. The van der Waals surface area contributed by atoms with Gasteiger partial charge in [-0.15, -0.1) is 0 Å². The van der Waals surface area contributed by atoms with Crippen LogP contribution in [0.5, 0.6) is 0 Å². The van der Waals surface area contributed by atoms with Gasteiger partial charge in [0.2, 0.25) is 5.91 Å². The van der Waals surface area contributed by atoms with Gasteiger partial charge in [-0.05, 0) is 84.0 Å². The van der Waals surface area contributed by atoms with E-state index in [0.717, 1.165) is 69.8 Å². The highest BCUT2D eigenvalue weighted by Crippen LogP contribution is 2.21. The molecule has 2 aliphatic heterocycles. The highest BCUT2D eigenvalue weighted by molar-refractivity contribution is 5.78. The molecule has 7 heteroatoms. The van der Waals surface area contributed by atoms with Gasteiger partial charge in [0.1, 0.15) is 11.4 Å². The molecule has 1 aromatic rings. The number of anilines is 1. The molecule has 0 aromatic carbocycles. The number of amides is 1. The third kappa shape index (κ3) is 7.20. The monoisotopic (exact) mass is 430 g/mol. The van der Waals surface area contributed by atoms with E-state index in [1.165, 1.54) is 12.0 Å². The van der Waals surface area contributed by atoms with Crippen LogP contribution in [-0.4, -0.2) is 72.0 Å². The molecule has 172 valence electrons. The molecule has 1 aromatic heterocycles. The summed E-state index contributed by atoms with van der Waals surface area (Å²) in [6.07, 6.45) is 5.64. The van der Waals surface area contributed by atoms with E-state index in [1.54, 1.807) is 0 Å². The maximum Gasteiger partial charge on any atom is 0.320 e. The Morgan fingerprint density at radius 1 is 1.26 bits per heavy atom. The van der Waals surface area contributed by atoms with Gasteiger partial charge in [-0.25, -0.2) is 4.98 Å². The van der Waals surface area contributed by atoms with Gasteiger partial charge in [-0.1, -0.05) is 6.07 Å². The molecular formula is C24H38N4O3. The minimum absolute atomic E-state index is 0.0472. The molecule has 1 N–H and O–H groups in total. The summed E-state index contributed by atoms with van der Waals surface area (Å²) < 4.78 is 5.40. The number of fused-ring (bicyclic) bond motifs is 1. The third-order valence-electron chi connectivity index (χ3n) is 5.96. The van der Waals surface area contributed by atoms with Crippen LogP contribution < -0.4 is 5.32 Å². The summed E-state index contributed by atoms with van der Waals surface area (Å²) in [7, 11) is 1.90. The lowest BCUT2D eigenvalue weighted by Gasteiger charge is -2.33. The van der Waals surface area contributed by atoms with Crippen molar-refractivity contribution in [3.05, 3.63) is 23.4 Å². The first-order valence-electron chi connectivity index (χ1n) is 11.6. The van der Waals surface area contributed by atoms with E-state index in [0.29, 0.717) is 6.54 Å². The standard InChI is InChI=1S/C24H38N4O3/c1-24(2,3)31-21(29)17-28-15-11-19(12-16-28)23(30)27(4)14-6-8-20-10-9-18-7-5-13-25-22(18)26-20/h9-10,19H,5-8,11-17H2,1-4H3,(H,25,26). The van der Waals surface area contributed by atoms with Crippen LogP contribution in [0.15, 0.2) is 12.1 Å². The maximum absolute atomic E-state index is 12.8. The van der Waals surface area contributed by atoms with Crippen molar-refractivity contribution >= 4 is 17.7 Å². The van der Waals surface area contributed by atoms with Crippen molar-refractivity contribution < 1.29 is 14.3 Å². The summed E-state index contributed by atoms with van der Waals surface area (Å²) in [6, 6.07) is 4.30. The number of aryl methyl sites for hydroxylation is 2. The lowest BCUT2D eigenvalue weighted by molar-refractivity contribution is -0.156. The molecule has 0 atom stereocenters. The second-order valence-electron chi connectivity index (χ2n) is 9.84. The Hall–Kier alpha value is -2.15. The number of carbonyl (C=O) groups excluding carboxylic acids is 2. The Morgan fingerprint density at radius 2 is 2.00 bits per heavy atom. The number of rotatable bonds is 7. The normalized spacial score (nSPS) is 17.5. The van der Waals surface area contributed by atoms with Crippen molar-refractivity contribution in [2.75, 3.05) is 45.1 Å². The van der Waals surface area contributed by atoms with Crippen molar-refractivity contribution in [3.8, 4) is 0 Å². The molecule has 31 heavy (non-hydrogen) atoms. The van der Waals surface area contributed by atoms with Gasteiger partial charge in [0.15, 0.2) is 0 Å². The summed E-state index contributed by atoms with van der Waals surface area (Å²) in [5.41, 5.74) is 1.93. The largest absolute Gasteiger partial charge is 0.459 e. The number of pyridine rings is 1. The number of ether oxygens (including phenoxy) is 1. The van der Waals surface area contributed by atoms with E-state index in [1.807, 2.05) is 32.7 Å². The highest BCUT2D eigenvalue weighted by atomic mass is 16.6. The number of likely N-dealkylation sites (tertiary alicyclic amines) is 1. The van der Waals surface area contributed by atoms with Gasteiger partial charge in [-0.2, -0.15) is 0 Å². The summed E-state index contributed by atoms with van der Waals surface area (Å²) in [4.78, 5) is 33.6. The molecule has 0 radical (unpaired) electrons. The number of piperidine rings is 1. The van der Waals surface area contributed by atoms with Crippen molar-refractivity contribution in [1.29, 1.82) is 0 Å². The van der Waals surface area contributed by atoms with Crippen LogP contribution in [0.2, 0.25) is 0 Å². The van der Waals surface area contributed by atoms with Crippen LogP contribution in [0.25, 0.3) is 0 Å². The van der Waals surface area contributed by atoms with Crippen LogP contribution in [0, 0.1) is 5.92 Å². The van der Waals surface area contributed by atoms with E-state index >= 15 is 0 Å². The number of nitrogens with one attached hydrogen (secondary N) is 1. The molecular weight excluding hydrogens is 392 g/mol. The highest BCUT2D eigenvalue weighted by Gasteiger charge is 2.28. The Bertz CT molecular complexity index is 767. The average Bonchev–Trinajstić information content (AvgIpc) is 2.72. The predicted molar refractivity (Wildman–Crippen MR) is 122 cm³/mol. The summed E-state index contributed by atoms with van der Waals surface area (Å²) in [6.45, 7) is 9.20. The minimum atomic E-state index is -0.459. The number of nitrogens with zero attached hydrogens (tertiary/aromatic N) is 3. The van der Waals surface area contributed by atoms with Crippen LogP contribution >= 0.6 is 0 Å². The molecule has 0 saturated carbocycles. The van der Waals surface area contributed by atoms with E-state index in [9.17, 15) is 9.59 Å². The fourth-order valence-electron chi connectivity index (χ4n) is 4.32. The smallest absolute Gasteiger partial charge is 0.320 e. The zero-order chi connectivity index (χ0) is 22.4. The van der Waals surface area contributed by atoms with Crippen molar-refractivity contribution in [2.45, 2.75) is 64.9 Å². The van der Waals surface area contributed by atoms with Gasteiger partial charge in [-0.3, -0.25) is 14.5 Å². The average molecular weight is 431 g/mol. The van der Waals surface area contributed by atoms with Gasteiger partial charge < -0.3 is 15.0 Å². The Labute approximate surface area is 186 Å². The lowest BCUT2D eigenvalue weighted by atomic mass is 9.95. The zero-order valence-corrected chi connectivity index (χ0v) is 19.6. The second-order valence-corrected chi connectivity index (χ2v) is 9.84. The fraction of sp³-hybridized carbons (Fsp3) is 0.708. The molecule has 7 nitrogen and oxygen atoms in total. The first-order valence-corrected chi connectivity index (χ1v) is 11.6. The summed E-state index contributed by atoms with van der Waals surface area (Å²) in [5.74, 6) is 1.11. The summed E-state index contributed by atoms with van der Waals surface area (Å²) in [5, 5.41) is 3.38. The minimum Gasteiger partial charge on any atom is -0.459 e. The van der Waals surface area contributed by atoms with Crippen molar-refractivity contribution in [3.63, 3.8) is 0 Å². The van der Waals surface area contributed by atoms with E-state index in [2.05, 4.69) is 22.3 Å². The van der Waals surface area contributed by atoms with Crippen molar-refractivity contribution in [2.24, 2.45) is 5.92 Å². The SMILES string of the molecule is CN(CCCc1ccc2c(n1)NCCC2)C(=O)C1CCN(CC(=O)OC(C)(C)C)CC1. The zero-order valence-electron chi connectivity index (χ0n) is 19.6. The predicted octanol–water partition coefficient (Wildman–Crippen LogP) is 2.88. The fourth-order valence-corrected chi connectivity index (χ4v) is 4.32. The number of carbonyl (C=O) groups is 2. The lowest BCUT2D eigenvalue weighted by Crippen LogP contribution is -2.44. The first kappa shape index (κ1) is 23.5. The topological polar surface area (TPSA) is 74.8 Å². The maximum atomic E-state index is 12.8. The molecule has 1 amide bonds. The van der Waals surface area contributed by atoms with E-state index in [-0.39, 0.29) is 17.8 Å². The molecule has 3 heterocycles. The van der Waals surface area contributed by atoms with Crippen LogP contribution in [0.1, 0.15) is 57.7 Å². The number of hydrogen-bond donors (Lipinski definition) is 1. The Morgan fingerprint density at radius 3 is 2.71 bits per heavy atom.